The predicted octanol–water partition coefficient (Wildman–Crippen LogP) is -0.346. The van der Waals surface area contributed by atoms with Crippen molar-refractivity contribution in [1.29, 1.82) is 0 Å². The summed E-state index contributed by atoms with van der Waals surface area (Å²) in [5, 5.41) is 19.5. The zero-order chi connectivity index (χ0) is 19.5. The first-order chi connectivity index (χ1) is 12.2. The molecule has 1 saturated heterocycles. The minimum atomic E-state index is -1.03. The number of aldehydes is 1. The lowest BCUT2D eigenvalue weighted by Gasteiger charge is -2.21. The van der Waals surface area contributed by atoms with E-state index in [-0.39, 0.29) is 16.5 Å². The van der Waals surface area contributed by atoms with Crippen LogP contribution >= 0.6 is 23.1 Å². The van der Waals surface area contributed by atoms with Crippen molar-refractivity contribution in [2.24, 2.45) is 5.16 Å². The monoisotopic (exact) mass is 401 g/mol. The number of nitrogens with one attached hydrogen (secondary N) is 2. The number of nitrogens with zero attached hydrogens (tertiary/aromatic N) is 2. The smallest absolute Gasteiger partial charge is 0.322 e. The van der Waals surface area contributed by atoms with Gasteiger partial charge in [0, 0.05) is 10.1 Å². The second-order valence-corrected chi connectivity index (χ2v) is 8.59. The fourth-order valence-corrected chi connectivity index (χ4v) is 4.42. The van der Waals surface area contributed by atoms with E-state index in [1.165, 1.54) is 24.3 Å². The van der Waals surface area contributed by atoms with E-state index in [1.807, 2.05) is 0 Å². The molecule has 0 bridgehead atoms. The maximum atomic E-state index is 12.5. The van der Waals surface area contributed by atoms with E-state index in [2.05, 4.69) is 25.6 Å². The lowest BCUT2D eigenvalue weighted by molar-refractivity contribution is -0.140. The number of carboxylic acids is 1. The van der Waals surface area contributed by atoms with Gasteiger partial charge in [-0.25, -0.2) is 4.98 Å². The molecule has 2 heterocycles. The summed E-state index contributed by atoms with van der Waals surface area (Å²) in [4.78, 5) is 44.1. The Morgan fingerprint density at radius 2 is 2.27 bits per heavy atom. The number of aliphatic carboxylic acids is 1. The van der Waals surface area contributed by atoms with Crippen molar-refractivity contribution in [2.45, 2.75) is 36.1 Å². The first-order valence-electron chi connectivity index (χ1n) is 7.45. The number of hydrogen-bond acceptors (Lipinski definition) is 10. The summed E-state index contributed by atoms with van der Waals surface area (Å²) in [5.41, 5.74) is 5.65. The van der Waals surface area contributed by atoms with Crippen molar-refractivity contribution in [3.8, 4) is 0 Å². The highest BCUT2D eigenvalue weighted by Gasteiger charge is 2.47. The molecule has 5 N–H and O–H groups in total. The molecule has 1 fully saturated rings. The van der Waals surface area contributed by atoms with Gasteiger partial charge in [0.15, 0.2) is 10.8 Å². The fourth-order valence-electron chi connectivity index (χ4n) is 2.43. The zero-order valence-electron chi connectivity index (χ0n) is 14.3. The Balaban J connectivity index is 2.16. The Bertz CT molecular complexity index is 735. The van der Waals surface area contributed by atoms with Crippen molar-refractivity contribution in [1.82, 2.24) is 15.6 Å². The number of nitrogens with two attached hydrogens (primary N) is 1. The highest BCUT2D eigenvalue weighted by atomic mass is 32.2. The number of carboxylic acid groups (broad SMARTS) is 1. The third kappa shape index (κ3) is 4.31. The average Bonchev–Trinajstić information content (AvgIpc) is 3.12. The van der Waals surface area contributed by atoms with Crippen molar-refractivity contribution in [3.05, 3.63) is 11.1 Å². The molecule has 3 atom stereocenters. The highest BCUT2D eigenvalue weighted by Crippen LogP contribution is 2.38. The first-order valence-corrected chi connectivity index (χ1v) is 9.21. The van der Waals surface area contributed by atoms with Gasteiger partial charge in [0.1, 0.15) is 31.2 Å². The van der Waals surface area contributed by atoms with Crippen LogP contribution in [0.25, 0.3) is 0 Å². The van der Waals surface area contributed by atoms with Gasteiger partial charge in [-0.3, -0.25) is 14.9 Å². The second kappa shape index (κ2) is 8.01. The topological polar surface area (TPSA) is 156 Å². The number of carbonyl (C=O) groups excluding carboxylic acids is 2. The summed E-state index contributed by atoms with van der Waals surface area (Å²) in [6.45, 7) is 3.51. The molecule has 0 aromatic carbocycles. The molecule has 3 unspecified atom stereocenters. The fraction of sp³-hybridized carbons (Fsp3) is 0.500. The van der Waals surface area contributed by atoms with Gasteiger partial charge in [0.05, 0.1) is 5.37 Å². The van der Waals surface area contributed by atoms with E-state index in [4.69, 9.17) is 5.73 Å². The molecule has 1 amide bonds. The Hall–Kier alpha value is -2.18. The summed E-state index contributed by atoms with van der Waals surface area (Å²) in [6.07, 6.45) is 0.544. The van der Waals surface area contributed by atoms with Gasteiger partial charge in [0.2, 0.25) is 0 Å². The molecular weight excluding hydrogens is 382 g/mol. The molecule has 0 radical (unpaired) electrons. The molecular formula is C14H19N5O5S2. The average molecular weight is 401 g/mol. The third-order valence-corrected chi connectivity index (χ3v) is 5.84. The SMILES string of the molecule is CO/N=C(/C(=O)NC(C=O)C1NC(C(=O)O)C(C)(C)S1)c1csc(N)n1. The summed E-state index contributed by atoms with van der Waals surface area (Å²) in [6, 6.07) is -1.84. The van der Waals surface area contributed by atoms with Crippen LogP contribution in [0.5, 0.6) is 0 Å². The number of aromatic nitrogens is 1. The number of thioether (sulfide) groups is 1. The number of amides is 1. The Morgan fingerprint density at radius 1 is 1.58 bits per heavy atom. The van der Waals surface area contributed by atoms with E-state index in [1.54, 1.807) is 13.8 Å². The van der Waals surface area contributed by atoms with Crippen LogP contribution in [-0.4, -0.2) is 63.3 Å². The van der Waals surface area contributed by atoms with Gasteiger partial charge in [-0.1, -0.05) is 5.16 Å². The van der Waals surface area contributed by atoms with Crippen LogP contribution in [0.15, 0.2) is 10.5 Å². The van der Waals surface area contributed by atoms with Crippen LogP contribution in [0, 0.1) is 0 Å². The lowest BCUT2D eigenvalue weighted by Crippen LogP contribution is -2.52. The summed E-state index contributed by atoms with van der Waals surface area (Å²) >= 11 is 2.39. The Labute approximate surface area is 157 Å². The van der Waals surface area contributed by atoms with Gasteiger partial charge >= 0.3 is 5.97 Å². The molecule has 26 heavy (non-hydrogen) atoms. The molecule has 142 valence electrons. The number of anilines is 1. The van der Waals surface area contributed by atoms with Crippen LogP contribution in [0.4, 0.5) is 5.13 Å². The number of rotatable bonds is 7. The van der Waals surface area contributed by atoms with E-state index < -0.39 is 34.1 Å². The molecule has 1 aromatic rings. The highest BCUT2D eigenvalue weighted by molar-refractivity contribution is 8.01. The maximum Gasteiger partial charge on any atom is 0.322 e. The van der Waals surface area contributed by atoms with Crippen LogP contribution in [0.3, 0.4) is 0 Å². The number of carbonyl (C=O) groups is 3. The van der Waals surface area contributed by atoms with Gasteiger partial charge in [-0.15, -0.1) is 23.1 Å². The van der Waals surface area contributed by atoms with E-state index >= 15 is 0 Å². The maximum absolute atomic E-state index is 12.5. The first kappa shape index (κ1) is 20.1. The molecule has 1 aliphatic heterocycles. The molecule has 1 aliphatic rings. The van der Waals surface area contributed by atoms with Gasteiger partial charge in [-0.05, 0) is 13.8 Å². The zero-order valence-corrected chi connectivity index (χ0v) is 15.9. The van der Waals surface area contributed by atoms with Crippen LogP contribution < -0.4 is 16.4 Å². The summed E-state index contributed by atoms with van der Waals surface area (Å²) in [5.74, 6) is -1.71. The Morgan fingerprint density at radius 3 is 2.73 bits per heavy atom. The van der Waals surface area contributed by atoms with Gasteiger partial charge in [-0.2, -0.15) is 0 Å². The molecule has 0 spiro atoms. The third-order valence-electron chi connectivity index (χ3n) is 3.64. The number of hydrogen-bond donors (Lipinski definition) is 4. The molecule has 0 saturated carbocycles. The minimum Gasteiger partial charge on any atom is -0.480 e. The van der Waals surface area contributed by atoms with Gasteiger partial charge in [0.25, 0.3) is 5.91 Å². The van der Waals surface area contributed by atoms with Crippen LogP contribution in [-0.2, 0) is 19.2 Å². The lowest BCUT2D eigenvalue weighted by atomic mass is 10.0. The van der Waals surface area contributed by atoms with Crippen molar-refractivity contribution < 1.29 is 24.3 Å². The van der Waals surface area contributed by atoms with Gasteiger partial charge < -0.3 is 25.8 Å². The quantitative estimate of drug-likeness (QED) is 0.272. The molecule has 10 nitrogen and oxygen atoms in total. The molecule has 2 rings (SSSR count). The number of nitrogen functional groups attached to an aromatic ring is 1. The molecule has 1 aromatic heterocycles. The normalized spacial score (nSPS) is 23.3. The van der Waals surface area contributed by atoms with Crippen LogP contribution in [0.1, 0.15) is 19.5 Å². The minimum absolute atomic E-state index is 0.135. The van der Waals surface area contributed by atoms with Crippen LogP contribution in [0.2, 0.25) is 0 Å². The standard InChI is InChI=1S/C14H19N5O5S2/c1-14(2)9(12(22)23)18-11(26-14)6(4-20)16-10(21)8(19-24-3)7-5-25-13(15)17-7/h4-6,9,11,18H,1-3H3,(H2,15,17)(H,16,21)(H,22,23)/b19-8+. The number of thiazole rings is 1. The molecule has 12 heteroatoms. The van der Waals surface area contributed by atoms with E-state index in [9.17, 15) is 19.5 Å². The summed E-state index contributed by atoms with van der Waals surface area (Å²) in [7, 11) is 1.27. The van der Waals surface area contributed by atoms with Crippen molar-refractivity contribution in [3.63, 3.8) is 0 Å². The van der Waals surface area contributed by atoms with Crippen molar-refractivity contribution in [2.75, 3.05) is 12.8 Å². The van der Waals surface area contributed by atoms with Crippen molar-refractivity contribution >= 4 is 52.1 Å². The van der Waals surface area contributed by atoms with E-state index in [0.29, 0.717) is 6.29 Å². The Kier molecular flexibility index (Phi) is 6.21. The predicted molar refractivity (Wildman–Crippen MR) is 98.1 cm³/mol. The number of oxime groups is 1. The summed E-state index contributed by atoms with van der Waals surface area (Å²) < 4.78 is -0.657. The van der Waals surface area contributed by atoms with E-state index in [0.717, 1.165) is 11.3 Å². The second-order valence-electron chi connectivity index (χ2n) is 5.91. The largest absolute Gasteiger partial charge is 0.480 e. The molecule has 0 aliphatic carbocycles.